The van der Waals surface area contributed by atoms with Gasteiger partial charge in [0.1, 0.15) is 11.5 Å². The van der Waals surface area contributed by atoms with Crippen LogP contribution in [0.5, 0.6) is 11.5 Å². The van der Waals surface area contributed by atoms with Gasteiger partial charge in [-0.3, -0.25) is 0 Å². The molecule has 0 amide bonds. The second-order valence-corrected chi connectivity index (χ2v) is 5.66. The van der Waals surface area contributed by atoms with E-state index in [4.69, 9.17) is 29.3 Å². The van der Waals surface area contributed by atoms with E-state index in [1.165, 1.54) is 26.1 Å². The number of rotatable bonds is 8. The number of ether oxygens (including phenoxy) is 2. The molecule has 0 aromatic heterocycles. The first-order chi connectivity index (χ1) is 12.5. The van der Waals surface area contributed by atoms with Crippen LogP contribution in [-0.2, 0) is 9.59 Å². The number of aliphatic carboxylic acids is 2. The highest BCUT2D eigenvalue weighted by molar-refractivity contribution is 6.27. The topological polar surface area (TPSA) is 108 Å². The lowest BCUT2D eigenvalue weighted by atomic mass is 10.2. The molecule has 1 fully saturated rings. The summed E-state index contributed by atoms with van der Waals surface area (Å²) in [5.41, 5.74) is 0. The lowest BCUT2D eigenvalue weighted by molar-refractivity contribution is -0.159. The molecule has 1 aliphatic rings. The second kappa shape index (κ2) is 13.0. The zero-order chi connectivity index (χ0) is 19.2. The minimum Gasteiger partial charge on any atom is -0.494 e. The molecule has 2 rings (SSSR count). The smallest absolute Gasteiger partial charge is 0.414 e. The molecule has 0 saturated carbocycles. The van der Waals surface area contributed by atoms with Crippen LogP contribution in [0.2, 0.25) is 0 Å². The lowest BCUT2D eigenvalue weighted by Gasteiger charge is -2.26. The molecule has 0 bridgehead atoms. The van der Waals surface area contributed by atoms with Crippen molar-refractivity contribution in [2.75, 3.05) is 45.9 Å². The summed E-state index contributed by atoms with van der Waals surface area (Å²) in [6.07, 6.45) is 2.31. The highest BCUT2D eigenvalue weighted by Gasteiger charge is 2.08. The highest BCUT2D eigenvalue weighted by atomic mass is 16.5. The quantitative estimate of drug-likeness (QED) is 0.465. The Morgan fingerprint density at radius 1 is 1.00 bits per heavy atom. The first-order valence-corrected chi connectivity index (χ1v) is 8.78. The molecular formula is C18H28N2O6. The van der Waals surface area contributed by atoms with Gasteiger partial charge in [-0.25, -0.2) is 9.59 Å². The van der Waals surface area contributed by atoms with Gasteiger partial charge in [-0.05, 0) is 50.6 Å². The molecule has 0 radical (unpaired) electrons. The third-order valence-electron chi connectivity index (χ3n) is 3.66. The average molecular weight is 368 g/mol. The highest BCUT2D eigenvalue weighted by Crippen LogP contribution is 2.17. The molecule has 1 saturated heterocycles. The van der Waals surface area contributed by atoms with E-state index in [1.807, 2.05) is 31.2 Å². The van der Waals surface area contributed by atoms with Crippen molar-refractivity contribution >= 4 is 11.9 Å². The van der Waals surface area contributed by atoms with E-state index in [0.29, 0.717) is 6.61 Å². The Morgan fingerprint density at radius 2 is 1.54 bits per heavy atom. The second-order valence-electron chi connectivity index (χ2n) is 5.66. The van der Waals surface area contributed by atoms with Crippen LogP contribution in [0.1, 0.15) is 19.8 Å². The fourth-order valence-corrected chi connectivity index (χ4v) is 2.36. The number of nitrogens with zero attached hydrogens (tertiary/aromatic N) is 1. The standard InChI is InChI=1S/C16H26N2O2.C2H2O4/c1-2-19-15-5-7-16(8-6-15)20-14-4-3-11-18-12-9-17-10-13-18;3-1(4)2(5)6/h5-8,17H,2-4,9-14H2,1H3;(H,3,4)(H,5,6). The van der Waals surface area contributed by atoms with E-state index in [-0.39, 0.29) is 0 Å². The van der Waals surface area contributed by atoms with Crippen molar-refractivity contribution in [1.82, 2.24) is 10.2 Å². The van der Waals surface area contributed by atoms with E-state index in [9.17, 15) is 0 Å². The van der Waals surface area contributed by atoms with Gasteiger partial charge in [-0.1, -0.05) is 0 Å². The molecule has 8 nitrogen and oxygen atoms in total. The predicted molar refractivity (Wildman–Crippen MR) is 96.9 cm³/mol. The number of carbonyl (C=O) groups is 2. The minimum atomic E-state index is -1.82. The average Bonchev–Trinajstić information content (AvgIpc) is 2.64. The summed E-state index contributed by atoms with van der Waals surface area (Å²) in [4.78, 5) is 20.7. The van der Waals surface area contributed by atoms with Crippen LogP contribution in [0.3, 0.4) is 0 Å². The number of hydrogen-bond donors (Lipinski definition) is 3. The maximum Gasteiger partial charge on any atom is 0.414 e. The molecule has 3 N–H and O–H groups in total. The van der Waals surface area contributed by atoms with E-state index >= 15 is 0 Å². The Morgan fingerprint density at radius 3 is 2.04 bits per heavy atom. The largest absolute Gasteiger partial charge is 0.494 e. The van der Waals surface area contributed by atoms with Crippen molar-refractivity contribution in [3.8, 4) is 11.5 Å². The number of piperazine rings is 1. The Hall–Kier alpha value is -2.32. The molecular weight excluding hydrogens is 340 g/mol. The Labute approximate surface area is 153 Å². The fourth-order valence-electron chi connectivity index (χ4n) is 2.36. The Bertz CT molecular complexity index is 517. The lowest BCUT2D eigenvalue weighted by Crippen LogP contribution is -2.43. The molecule has 8 heteroatoms. The van der Waals surface area contributed by atoms with Gasteiger partial charge in [0, 0.05) is 26.2 Å². The zero-order valence-corrected chi connectivity index (χ0v) is 15.1. The Kier molecular flexibility index (Phi) is 10.8. The van der Waals surface area contributed by atoms with E-state index in [0.717, 1.165) is 37.6 Å². The third kappa shape index (κ3) is 9.85. The number of nitrogens with one attached hydrogen (secondary N) is 1. The molecule has 1 aromatic rings. The summed E-state index contributed by atoms with van der Waals surface area (Å²) in [7, 11) is 0. The summed E-state index contributed by atoms with van der Waals surface area (Å²) >= 11 is 0. The third-order valence-corrected chi connectivity index (χ3v) is 3.66. The van der Waals surface area contributed by atoms with Crippen molar-refractivity contribution < 1.29 is 29.3 Å². The molecule has 0 unspecified atom stereocenters. The maximum absolute atomic E-state index is 9.10. The normalized spacial score (nSPS) is 14.0. The zero-order valence-electron chi connectivity index (χ0n) is 15.1. The number of carboxylic acid groups (broad SMARTS) is 2. The first kappa shape index (κ1) is 21.7. The van der Waals surface area contributed by atoms with Crippen LogP contribution in [0.4, 0.5) is 0 Å². The van der Waals surface area contributed by atoms with Crippen LogP contribution in [0, 0.1) is 0 Å². The first-order valence-electron chi connectivity index (χ1n) is 8.78. The number of hydrogen-bond acceptors (Lipinski definition) is 6. The monoisotopic (exact) mass is 368 g/mol. The van der Waals surface area contributed by atoms with Gasteiger partial charge in [0.25, 0.3) is 0 Å². The maximum atomic E-state index is 9.10. The summed E-state index contributed by atoms with van der Waals surface area (Å²) in [5, 5.41) is 18.2. The molecule has 0 aliphatic carbocycles. The summed E-state index contributed by atoms with van der Waals surface area (Å²) in [6, 6.07) is 7.86. The SMILES string of the molecule is CCOc1ccc(OCCCCN2CCNCC2)cc1.O=C(O)C(=O)O. The molecule has 1 aliphatic heterocycles. The van der Waals surface area contributed by atoms with Gasteiger partial charge in [0.15, 0.2) is 0 Å². The van der Waals surface area contributed by atoms with Crippen molar-refractivity contribution in [1.29, 1.82) is 0 Å². The number of unbranched alkanes of at least 4 members (excludes halogenated alkanes) is 1. The van der Waals surface area contributed by atoms with E-state index in [1.54, 1.807) is 0 Å². The molecule has 0 atom stereocenters. The van der Waals surface area contributed by atoms with Gasteiger partial charge in [0.05, 0.1) is 13.2 Å². The van der Waals surface area contributed by atoms with Gasteiger partial charge in [-0.2, -0.15) is 0 Å². The van der Waals surface area contributed by atoms with Crippen molar-refractivity contribution in [2.24, 2.45) is 0 Å². The summed E-state index contributed by atoms with van der Waals surface area (Å²) in [6.45, 7) is 9.29. The molecule has 1 aromatic carbocycles. The number of benzene rings is 1. The fraction of sp³-hybridized carbons (Fsp3) is 0.556. The van der Waals surface area contributed by atoms with Gasteiger partial charge in [0.2, 0.25) is 0 Å². The van der Waals surface area contributed by atoms with Crippen LogP contribution in [0.15, 0.2) is 24.3 Å². The van der Waals surface area contributed by atoms with Crippen LogP contribution >= 0.6 is 0 Å². The van der Waals surface area contributed by atoms with Gasteiger partial charge >= 0.3 is 11.9 Å². The van der Waals surface area contributed by atoms with Gasteiger partial charge in [-0.15, -0.1) is 0 Å². The summed E-state index contributed by atoms with van der Waals surface area (Å²) in [5.74, 6) is -1.82. The minimum absolute atomic E-state index is 0.701. The molecule has 0 spiro atoms. The Balaban J connectivity index is 0.000000487. The van der Waals surface area contributed by atoms with Gasteiger partial charge < -0.3 is 29.9 Å². The summed E-state index contributed by atoms with van der Waals surface area (Å²) < 4.78 is 11.1. The van der Waals surface area contributed by atoms with Crippen molar-refractivity contribution in [3.63, 3.8) is 0 Å². The van der Waals surface area contributed by atoms with Crippen LogP contribution < -0.4 is 14.8 Å². The molecule has 146 valence electrons. The van der Waals surface area contributed by atoms with Crippen LogP contribution in [-0.4, -0.2) is 73.0 Å². The molecule has 26 heavy (non-hydrogen) atoms. The van der Waals surface area contributed by atoms with E-state index < -0.39 is 11.9 Å². The van der Waals surface area contributed by atoms with Crippen molar-refractivity contribution in [2.45, 2.75) is 19.8 Å². The van der Waals surface area contributed by atoms with Crippen molar-refractivity contribution in [3.05, 3.63) is 24.3 Å². The van der Waals surface area contributed by atoms with Crippen LogP contribution in [0.25, 0.3) is 0 Å². The number of carboxylic acids is 2. The molecule has 1 heterocycles. The van der Waals surface area contributed by atoms with E-state index in [2.05, 4.69) is 10.2 Å². The predicted octanol–water partition coefficient (Wildman–Crippen LogP) is 1.31.